The second-order valence-electron chi connectivity index (χ2n) is 8.50. The molecule has 9 nitrogen and oxygen atoms in total. The maximum absolute atomic E-state index is 13.6. The lowest BCUT2D eigenvalue weighted by atomic mass is 10.1. The average molecular weight is 501 g/mol. The Bertz CT molecular complexity index is 1690. The minimum absolute atomic E-state index is 0.266. The molecule has 0 saturated heterocycles. The minimum Gasteiger partial charge on any atom is -0.491 e. The van der Waals surface area contributed by atoms with E-state index < -0.39 is 0 Å². The average Bonchev–Trinajstić information content (AvgIpc) is 3.61. The smallest absolute Gasteiger partial charge is 0.177 e. The molecule has 36 heavy (non-hydrogen) atoms. The van der Waals surface area contributed by atoms with Gasteiger partial charge in [0.05, 0.1) is 22.0 Å². The summed E-state index contributed by atoms with van der Waals surface area (Å²) in [6, 6.07) is 8.93. The van der Waals surface area contributed by atoms with E-state index in [1.165, 1.54) is 6.07 Å². The Labute approximate surface area is 209 Å². The summed E-state index contributed by atoms with van der Waals surface area (Å²) in [5.41, 5.74) is 5.10. The number of likely N-dealkylation sites (N-methyl/N-ethyl adjacent to an activating group) is 1. The molecule has 0 aliphatic rings. The van der Waals surface area contributed by atoms with Crippen LogP contribution in [0.15, 0.2) is 55.1 Å². The Morgan fingerprint density at radius 2 is 1.92 bits per heavy atom. The van der Waals surface area contributed by atoms with Gasteiger partial charge in [0.2, 0.25) is 0 Å². The van der Waals surface area contributed by atoms with Crippen molar-refractivity contribution in [3.63, 3.8) is 0 Å². The standard InChI is InChI=1S/C25H21FN8OS/c1-34(2)7-8-35-16-9-14(11-27-13-16)15-10-17-21(32-33-24(17)29-12-15)25-30-18-5-6-28-23(22(18)31-25)19-3-4-20(26)36-19/h3-6,9-13H,7-8H2,1-2H3,(H,30,31)(H,29,32,33). The second-order valence-corrected chi connectivity index (χ2v) is 9.53. The Balaban J connectivity index is 1.37. The Kier molecular flexibility index (Phi) is 5.62. The van der Waals surface area contributed by atoms with Gasteiger partial charge in [-0.3, -0.25) is 15.1 Å². The number of ether oxygens (including phenoxy) is 1. The fourth-order valence-corrected chi connectivity index (χ4v) is 4.64. The quantitative estimate of drug-likeness (QED) is 0.325. The van der Waals surface area contributed by atoms with E-state index in [4.69, 9.17) is 9.72 Å². The van der Waals surface area contributed by atoms with Crippen molar-refractivity contribution in [3.8, 4) is 39.0 Å². The highest BCUT2D eigenvalue weighted by atomic mass is 32.1. The largest absolute Gasteiger partial charge is 0.491 e. The van der Waals surface area contributed by atoms with Crippen molar-refractivity contribution in [1.82, 2.24) is 40.0 Å². The zero-order valence-electron chi connectivity index (χ0n) is 19.5. The molecule has 0 radical (unpaired) electrons. The third kappa shape index (κ3) is 4.18. The molecule has 0 bridgehead atoms. The number of rotatable bonds is 7. The van der Waals surface area contributed by atoms with Gasteiger partial charge < -0.3 is 14.6 Å². The molecule has 0 aliphatic carbocycles. The summed E-state index contributed by atoms with van der Waals surface area (Å²) >= 11 is 1.04. The first-order chi connectivity index (χ1) is 17.5. The summed E-state index contributed by atoms with van der Waals surface area (Å²) < 4.78 is 19.5. The van der Waals surface area contributed by atoms with Gasteiger partial charge in [0.15, 0.2) is 16.6 Å². The van der Waals surface area contributed by atoms with Gasteiger partial charge in [-0.05, 0) is 44.4 Å². The van der Waals surface area contributed by atoms with Crippen molar-refractivity contribution >= 4 is 33.4 Å². The number of H-pyrrole nitrogens is 2. The number of pyridine rings is 3. The monoisotopic (exact) mass is 500 g/mol. The predicted molar refractivity (Wildman–Crippen MR) is 137 cm³/mol. The second kappa shape index (κ2) is 9.10. The first-order valence-corrected chi connectivity index (χ1v) is 12.0. The third-order valence-electron chi connectivity index (χ3n) is 5.70. The highest BCUT2D eigenvalue weighted by Crippen LogP contribution is 2.34. The van der Waals surface area contributed by atoms with Crippen molar-refractivity contribution in [2.24, 2.45) is 0 Å². The lowest BCUT2D eigenvalue weighted by molar-refractivity contribution is 0.261. The maximum atomic E-state index is 13.6. The number of hydrogen-bond donors (Lipinski definition) is 2. The normalized spacial score (nSPS) is 11.7. The van der Waals surface area contributed by atoms with Crippen LogP contribution in [0.2, 0.25) is 0 Å². The first-order valence-electron chi connectivity index (χ1n) is 11.2. The van der Waals surface area contributed by atoms with Gasteiger partial charge in [-0.15, -0.1) is 11.3 Å². The SMILES string of the molecule is CN(C)CCOc1cncc(-c2cnc3[nH]nc(-c4nc5c(-c6ccc(F)s6)nccc5[nH]4)c3c2)c1. The fourth-order valence-electron chi connectivity index (χ4n) is 3.91. The molecule has 180 valence electrons. The molecule has 0 fully saturated rings. The zero-order chi connectivity index (χ0) is 24.6. The Morgan fingerprint density at radius 1 is 1.03 bits per heavy atom. The number of hydrogen-bond acceptors (Lipinski definition) is 8. The van der Waals surface area contributed by atoms with Gasteiger partial charge >= 0.3 is 0 Å². The van der Waals surface area contributed by atoms with E-state index in [2.05, 4.69) is 35.0 Å². The van der Waals surface area contributed by atoms with E-state index in [0.717, 1.165) is 39.9 Å². The number of aromatic amines is 2. The van der Waals surface area contributed by atoms with Gasteiger partial charge in [0, 0.05) is 36.3 Å². The summed E-state index contributed by atoms with van der Waals surface area (Å²) in [5, 5.41) is 7.99. The molecule has 6 rings (SSSR count). The van der Waals surface area contributed by atoms with Gasteiger partial charge in [0.25, 0.3) is 0 Å². The van der Waals surface area contributed by atoms with Gasteiger partial charge in [-0.25, -0.2) is 9.97 Å². The van der Waals surface area contributed by atoms with Crippen molar-refractivity contribution in [2.75, 3.05) is 27.2 Å². The van der Waals surface area contributed by atoms with E-state index in [-0.39, 0.29) is 5.13 Å². The molecule has 11 heteroatoms. The van der Waals surface area contributed by atoms with Crippen LogP contribution in [0.25, 0.3) is 55.3 Å². The number of halogens is 1. The summed E-state index contributed by atoms with van der Waals surface area (Å²) in [7, 11) is 4.01. The minimum atomic E-state index is -0.266. The molecular formula is C25H21FN8OS. The Hall–Kier alpha value is -4.22. The first kappa shape index (κ1) is 22.3. The van der Waals surface area contributed by atoms with Crippen LogP contribution in [0.3, 0.4) is 0 Å². The van der Waals surface area contributed by atoms with Crippen LogP contribution < -0.4 is 4.74 Å². The molecule has 2 N–H and O–H groups in total. The third-order valence-corrected chi connectivity index (χ3v) is 6.58. The van der Waals surface area contributed by atoms with Crippen LogP contribution >= 0.6 is 11.3 Å². The van der Waals surface area contributed by atoms with Crippen molar-refractivity contribution in [3.05, 3.63) is 60.3 Å². The van der Waals surface area contributed by atoms with Crippen LogP contribution in [-0.2, 0) is 0 Å². The number of nitrogens with zero attached hydrogens (tertiary/aromatic N) is 6. The number of fused-ring (bicyclic) bond motifs is 2. The van der Waals surface area contributed by atoms with Gasteiger partial charge in [0.1, 0.15) is 29.3 Å². The highest BCUT2D eigenvalue weighted by Gasteiger charge is 2.18. The maximum Gasteiger partial charge on any atom is 0.177 e. The van der Waals surface area contributed by atoms with E-state index in [1.54, 1.807) is 30.9 Å². The molecule has 0 spiro atoms. The number of nitrogens with one attached hydrogen (secondary N) is 2. The molecule has 0 saturated carbocycles. The van der Waals surface area contributed by atoms with E-state index in [0.29, 0.717) is 45.6 Å². The van der Waals surface area contributed by atoms with Crippen LogP contribution in [0.5, 0.6) is 5.75 Å². The van der Waals surface area contributed by atoms with Crippen molar-refractivity contribution in [1.29, 1.82) is 0 Å². The van der Waals surface area contributed by atoms with E-state index in [9.17, 15) is 4.39 Å². The lowest BCUT2D eigenvalue weighted by Crippen LogP contribution is -2.19. The van der Waals surface area contributed by atoms with Crippen LogP contribution in [0.1, 0.15) is 0 Å². The van der Waals surface area contributed by atoms with Crippen LogP contribution in [-0.4, -0.2) is 67.3 Å². The molecular weight excluding hydrogens is 479 g/mol. The van der Waals surface area contributed by atoms with E-state index in [1.807, 2.05) is 32.3 Å². The summed E-state index contributed by atoms with van der Waals surface area (Å²) in [6.45, 7) is 1.38. The molecule has 0 unspecified atom stereocenters. The number of aromatic nitrogens is 7. The summed E-state index contributed by atoms with van der Waals surface area (Å²) in [4.78, 5) is 24.2. The van der Waals surface area contributed by atoms with Crippen LogP contribution in [0.4, 0.5) is 4.39 Å². The topological polar surface area (TPSA) is 108 Å². The number of thiophene rings is 1. The number of imidazole rings is 1. The summed E-state index contributed by atoms with van der Waals surface area (Å²) in [5.74, 6) is 1.27. The van der Waals surface area contributed by atoms with Crippen molar-refractivity contribution in [2.45, 2.75) is 0 Å². The molecule has 0 atom stereocenters. The Morgan fingerprint density at radius 3 is 2.75 bits per heavy atom. The summed E-state index contributed by atoms with van der Waals surface area (Å²) in [6.07, 6.45) is 6.94. The lowest BCUT2D eigenvalue weighted by Gasteiger charge is -2.11. The molecule has 0 amide bonds. The molecule has 6 aromatic rings. The molecule has 0 aromatic carbocycles. The van der Waals surface area contributed by atoms with Gasteiger partial charge in [-0.2, -0.15) is 9.49 Å². The van der Waals surface area contributed by atoms with Gasteiger partial charge in [-0.1, -0.05) is 0 Å². The molecule has 6 heterocycles. The highest BCUT2D eigenvalue weighted by molar-refractivity contribution is 7.13. The van der Waals surface area contributed by atoms with E-state index >= 15 is 0 Å². The molecule has 0 aliphatic heterocycles. The fraction of sp³-hybridized carbons (Fsp3) is 0.160. The zero-order valence-corrected chi connectivity index (χ0v) is 20.3. The molecule has 6 aromatic heterocycles. The van der Waals surface area contributed by atoms with Crippen molar-refractivity contribution < 1.29 is 9.13 Å². The predicted octanol–water partition coefficient (Wildman–Crippen LogP) is 4.77. The van der Waals surface area contributed by atoms with Crippen LogP contribution in [0, 0.1) is 5.13 Å².